The highest BCUT2D eigenvalue weighted by Gasteiger charge is 2.42. The molecule has 0 bridgehead atoms. The Balaban J connectivity index is 0.00000161. The summed E-state index contributed by atoms with van der Waals surface area (Å²) in [6.45, 7) is 1.52. The van der Waals surface area contributed by atoms with Gasteiger partial charge in [-0.25, -0.2) is 4.39 Å². The molecule has 3 atom stereocenters. The van der Waals surface area contributed by atoms with Crippen LogP contribution in [0.1, 0.15) is 18.4 Å². The summed E-state index contributed by atoms with van der Waals surface area (Å²) < 4.78 is 14.5. The molecule has 2 fully saturated rings. The van der Waals surface area contributed by atoms with E-state index in [-0.39, 0.29) is 36.6 Å². The van der Waals surface area contributed by atoms with E-state index >= 15 is 0 Å². The number of nitrogens with zero attached hydrogens (tertiary/aromatic N) is 1. The van der Waals surface area contributed by atoms with E-state index in [1.165, 1.54) is 6.07 Å². The second kappa shape index (κ2) is 6.63. The molecule has 1 saturated carbocycles. The Kier molecular flexibility index (Phi) is 5.28. The SMILES string of the molecule is Cl.NC1CCC2CN(C(=O)Cc3cc(Br)ccc3F)CC12. The molecule has 3 rings (SSSR count). The molecule has 0 radical (unpaired) electrons. The number of carbonyl (C=O) groups excluding carboxylic acids is 1. The van der Waals surface area contributed by atoms with E-state index in [1.54, 1.807) is 12.1 Å². The van der Waals surface area contributed by atoms with Gasteiger partial charge in [0.05, 0.1) is 6.42 Å². The molecular weight excluding hydrogens is 359 g/mol. The average Bonchev–Trinajstić information content (AvgIpc) is 2.97. The van der Waals surface area contributed by atoms with Crippen LogP contribution in [-0.4, -0.2) is 29.9 Å². The van der Waals surface area contributed by atoms with E-state index in [0.717, 1.165) is 30.4 Å². The average molecular weight is 378 g/mol. The minimum Gasteiger partial charge on any atom is -0.342 e. The number of halogens is 3. The van der Waals surface area contributed by atoms with Crippen LogP contribution in [0.25, 0.3) is 0 Å². The van der Waals surface area contributed by atoms with Gasteiger partial charge in [-0.05, 0) is 48.4 Å². The second-order valence-corrected chi connectivity index (χ2v) is 6.79. The minimum absolute atomic E-state index is 0. The van der Waals surface area contributed by atoms with Crippen molar-refractivity contribution in [2.75, 3.05) is 13.1 Å². The number of fused-ring (bicyclic) bond motifs is 1. The van der Waals surface area contributed by atoms with Crippen LogP contribution < -0.4 is 5.73 Å². The fourth-order valence-electron chi connectivity index (χ4n) is 3.46. The molecule has 2 N–H and O–H groups in total. The Morgan fingerprint density at radius 1 is 1.38 bits per heavy atom. The maximum atomic E-state index is 13.7. The van der Waals surface area contributed by atoms with E-state index in [4.69, 9.17) is 5.73 Å². The highest BCUT2D eigenvalue weighted by Crippen LogP contribution is 2.37. The van der Waals surface area contributed by atoms with Gasteiger partial charge in [-0.2, -0.15) is 0 Å². The van der Waals surface area contributed by atoms with Crippen molar-refractivity contribution in [3.05, 3.63) is 34.1 Å². The molecule has 1 amide bonds. The number of carbonyl (C=O) groups is 1. The number of hydrogen-bond acceptors (Lipinski definition) is 2. The number of likely N-dealkylation sites (tertiary alicyclic amines) is 1. The summed E-state index contributed by atoms with van der Waals surface area (Å²) in [7, 11) is 0. The van der Waals surface area contributed by atoms with Crippen LogP contribution in [0.3, 0.4) is 0 Å². The maximum absolute atomic E-state index is 13.7. The zero-order valence-corrected chi connectivity index (χ0v) is 14.0. The van der Waals surface area contributed by atoms with Gasteiger partial charge in [0.25, 0.3) is 0 Å². The first-order valence-electron chi connectivity index (χ1n) is 7.02. The number of rotatable bonds is 2. The molecule has 1 heterocycles. The Labute approximate surface area is 138 Å². The molecule has 3 unspecified atom stereocenters. The van der Waals surface area contributed by atoms with Gasteiger partial charge in [-0.3, -0.25) is 4.79 Å². The monoisotopic (exact) mass is 376 g/mol. The summed E-state index contributed by atoms with van der Waals surface area (Å²) in [6, 6.07) is 4.93. The van der Waals surface area contributed by atoms with Crippen molar-refractivity contribution in [3.63, 3.8) is 0 Å². The predicted octanol–water partition coefficient (Wildman–Crippen LogP) is 2.75. The number of nitrogens with two attached hydrogens (primary N) is 1. The van der Waals surface area contributed by atoms with Crippen molar-refractivity contribution < 1.29 is 9.18 Å². The lowest BCUT2D eigenvalue weighted by molar-refractivity contribution is -0.129. The highest BCUT2D eigenvalue weighted by atomic mass is 79.9. The summed E-state index contributed by atoms with van der Waals surface area (Å²) in [6.07, 6.45) is 2.30. The van der Waals surface area contributed by atoms with E-state index in [2.05, 4.69) is 15.9 Å². The first-order chi connectivity index (χ1) is 9.54. The van der Waals surface area contributed by atoms with Crippen molar-refractivity contribution in [1.29, 1.82) is 0 Å². The first-order valence-corrected chi connectivity index (χ1v) is 7.81. The third kappa shape index (κ3) is 3.41. The number of hydrogen-bond donors (Lipinski definition) is 1. The number of benzene rings is 1. The van der Waals surface area contributed by atoms with Crippen molar-refractivity contribution in [2.45, 2.75) is 25.3 Å². The lowest BCUT2D eigenvalue weighted by Crippen LogP contribution is -2.34. The van der Waals surface area contributed by atoms with Gasteiger partial charge in [0, 0.05) is 23.6 Å². The van der Waals surface area contributed by atoms with Crippen molar-refractivity contribution in [2.24, 2.45) is 17.6 Å². The summed E-state index contributed by atoms with van der Waals surface area (Å²) in [5.41, 5.74) is 6.52. The summed E-state index contributed by atoms with van der Waals surface area (Å²) >= 11 is 3.31. The normalized spacial score (nSPS) is 27.4. The lowest BCUT2D eigenvalue weighted by atomic mass is 9.98. The molecule has 21 heavy (non-hydrogen) atoms. The van der Waals surface area contributed by atoms with Crippen molar-refractivity contribution >= 4 is 34.2 Å². The molecule has 116 valence electrons. The van der Waals surface area contributed by atoms with Crippen LogP contribution in [0, 0.1) is 17.7 Å². The molecule has 1 aliphatic heterocycles. The van der Waals surface area contributed by atoms with Crippen LogP contribution in [0.5, 0.6) is 0 Å². The zero-order valence-electron chi connectivity index (χ0n) is 11.6. The maximum Gasteiger partial charge on any atom is 0.227 e. The van der Waals surface area contributed by atoms with Crippen LogP contribution in [0.15, 0.2) is 22.7 Å². The molecule has 6 heteroatoms. The van der Waals surface area contributed by atoms with E-state index < -0.39 is 0 Å². The molecule has 1 aromatic carbocycles. The first kappa shape index (κ1) is 16.7. The molecule has 1 saturated heterocycles. The summed E-state index contributed by atoms with van der Waals surface area (Å²) in [5.74, 6) is 0.661. The third-order valence-electron chi connectivity index (χ3n) is 4.61. The van der Waals surface area contributed by atoms with Gasteiger partial charge < -0.3 is 10.6 Å². The predicted molar refractivity (Wildman–Crippen MR) is 85.8 cm³/mol. The quantitative estimate of drug-likeness (QED) is 0.861. The van der Waals surface area contributed by atoms with Crippen LogP contribution >= 0.6 is 28.3 Å². The fraction of sp³-hybridized carbons (Fsp3) is 0.533. The third-order valence-corrected chi connectivity index (χ3v) is 5.11. The number of amides is 1. The van der Waals surface area contributed by atoms with Crippen molar-refractivity contribution in [3.8, 4) is 0 Å². The van der Waals surface area contributed by atoms with E-state index in [9.17, 15) is 9.18 Å². The van der Waals surface area contributed by atoms with Crippen LogP contribution in [-0.2, 0) is 11.2 Å². The van der Waals surface area contributed by atoms with E-state index in [0.29, 0.717) is 17.4 Å². The fourth-order valence-corrected chi connectivity index (χ4v) is 3.87. The van der Waals surface area contributed by atoms with Gasteiger partial charge in [-0.1, -0.05) is 15.9 Å². The van der Waals surface area contributed by atoms with Crippen LogP contribution in [0.2, 0.25) is 0 Å². The molecule has 0 aromatic heterocycles. The molecule has 3 nitrogen and oxygen atoms in total. The van der Waals surface area contributed by atoms with E-state index in [1.807, 2.05) is 4.90 Å². The van der Waals surface area contributed by atoms with Gasteiger partial charge in [-0.15, -0.1) is 12.4 Å². The zero-order chi connectivity index (χ0) is 14.3. The Hall–Kier alpha value is -0.650. The van der Waals surface area contributed by atoms with Gasteiger partial charge >= 0.3 is 0 Å². The minimum atomic E-state index is -0.322. The molecule has 0 spiro atoms. The largest absolute Gasteiger partial charge is 0.342 e. The van der Waals surface area contributed by atoms with Crippen molar-refractivity contribution in [1.82, 2.24) is 4.90 Å². The smallest absolute Gasteiger partial charge is 0.227 e. The Morgan fingerprint density at radius 3 is 2.86 bits per heavy atom. The Bertz CT molecular complexity index is 542. The van der Waals surface area contributed by atoms with Crippen LogP contribution in [0.4, 0.5) is 4.39 Å². The highest BCUT2D eigenvalue weighted by molar-refractivity contribution is 9.10. The molecule has 2 aliphatic rings. The van der Waals surface area contributed by atoms with Gasteiger partial charge in [0.2, 0.25) is 5.91 Å². The van der Waals surface area contributed by atoms with Gasteiger partial charge in [0.15, 0.2) is 0 Å². The molecular formula is C15H19BrClFN2O. The molecule has 1 aliphatic carbocycles. The standard InChI is InChI=1S/C15H18BrFN2O.ClH/c16-11-2-3-13(17)10(5-11)6-15(20)19-7-9-1-4-14(18)12(9)8-19;/h2-3,5,9,12,14H,1,4,6-8,18H2;1H. The second-order valence-electron chi connectivity index (χ2n) is 5.88. The lowest BCUT2D eigenvalue weighted by Gasteiger charge is -2.19. The summed E-state index contributed by atoms with van der Waals surface area (Å²) in [4.78, 5) is 14.2. The Morgan fingerprint density at radius 2 is 2.14 bits per heavy atom. The topological polar surface area (TPSA) is 46.3 Å². The summed E-state index contributed by atoms with van der Waals surface area (Å²) in [5, 5.41) is 0. The van der Waals surface area contributed by atoms with Gasteiger partial charge in [0.1, 0.15) is 5.82 Å². The molecule has 1 aromatic rings.